The summed E-state index contributed by atoms with van der Waals surface area (Å²) in [7, 11) is 0. The van der Waals surface area contributed by atoms with E-state index in [-0.39, 0.29) is 13.0 Å². The number of hydrogen-bond acceptors (Lipinski definition) is 2. The van der Waals surface area contributed by atoms with Crippen LogP contribution in [-0.2, 0) is 11.2 Å². The Hall–Kier alpha value is -1.72. The maximum Gasteiger partial charge on any atom is 0.406 e. The molecule has 0 saturated carbocycles. The first-order chi connectivity index (χ1) is 8.33. The number of amides is 1. The van der Waals surface area contributed by atoms with E-state index in [1.54, 1.807) is 24.3 Å². The number of carbonyl (C=O) groups excluding carboxylic acids is 1. The second-order valence-corrected chi connectivity index (χ2v) is 3.90. The summed E-state index contributed by atoms with van der Waals surface area (Å²) in [4.78, 5) is 12.5. The highest BCUT2D eigenvalue weighted by Crippen LogP contribution is 2.18. The number of carbonyl (C=O) groups is 1. The first kappa shape index (κ1) is 14.3. The third-order valence-electron chi connectivity index (χ3n) is 2.50. The molecule has 0 aliphatic heterocycles. The molecule has 18 heavy (non-hydrogen) atoms. The van der Waals surface area contributed by atoms with Gasteiger partial charge in [-0.05, 0) is 18.6 Å². The Morgan fingerprint density at radius 2 is 1.94 bits per heavy atom. The van der Waals surface area contributed by atoms with E-state index >= 15 is 0 Å². The molecule has 2 N–H and O–H groups in total. The smallest absolute Gasteiger partial charge is 0.398 e. The van der Waals surface area contributed by atoms with Gasteiger partial charge in [0.25, 0.3) is 0 Å². The number of nitrogens with two attached hydrogens (primary N) is 1. The van der Waals surface area contributed by atoms with Crippen molar-refractivity contribution in [1.82, 2.24) is 4.90 Å². The van der Waals surface area contributed by atoms with Gasteiger partial charge in [-0.25, -0.2) is 0 Å². The zero-order valence-corrected chi connectivity index (χ0v) is 10.00. The molecule has 1 aromatic carbocycles. The highest BCUT2D eigenvalue weighted by molar-refractivity contribution is 5.80. The lowest BCUT2D eigenvalue weighted by atomic mass is 10.1. The lowest BCUT2D eigenvalue weighted by Gasteiger charge is -2.22. The molecule has 3 nitrogen and oxygen atoms in total. The second-order valence-electron chi connectivity index (χ2n) is 3.90. The van der Waals surface area contributed by atoms with E-state index in [1.807, 2.05) is 0 Å². The highest BCUT2D eigenvalue weighted by Gasteiger charge is 2.32. The minimum Gasteiger partial charge on any atom is -0.398 e. The van der Waals surface area contributed by atoms with Crippen LogP contribution < -0.4 is 5.73 Å². The first-order valence-electron chi connectivity index (χ1n) is 5.51. The van der Waals surface area contributed by atoms with Gasteiger partial charge in [0.1, 0.15) is 6.54 Å². The number of benzene rings is 1. The summed E-state index contributed by atoms with van der Waals surface area (Å²) in [6, 6.07) is 6.65. The van der Waals surface area contributed by atoms with E-state index in [0.29, 0.717) is 11.3 Å². The van der Waals surface area contributed by atoms with Gasteiger partial charge in [-0.15, -0.1) is 0 Å². The Bertz CT molecular complexity index is 418. The number of para-hydroxylation sites is 1. The fourth-order valence-corrected chi connectivity index (χ4v) is 1.56. The average Bonchev–Trinajstić information content (AvgIpc) is 2.27. The minimum atomic E-state index is -4.38. The molecular weight excluding hydrogens is 245 g/mol. The SMILES string of the molecule is CCN(CC(F)(F)F)C(=O)Cc1ccccc1N. The van der Waals surface area contributed by atoms with Crippen molar-refractivity contribution in [2.45, 2.75) is 19.5 Å². The molecule has 0 spiro atoms. The number of rotatable bonds is 4. The summed E-state index contributed by atoms with van der Waals surface area (Å²) in [5.74, 6) is -0.576. The Labute approximate surface area is 103 Å². The molecule has 0 bridgehead atoms. The molecule has 0 aliphatic carbocycles. The molecule has 0 saturated heterocycles. The van der Waals surface area contributed by atoms with E-state index in [0.717, 1.165) is 4.90 Å². The van der Waals surface area contributed by atoms with Crippen molar-refractivity contribution in [2.24, 2.45) is 0 Å². The fraction of sp³-hybridized carbons (Fsp3) is 0.417. The van der Waals surface area contributed by atoms with Gasteiger partial charge in [-0.1, -0.05) is 18.2 Å². The standard InChI is InChI=1S/C12H15F3N2O/c1-2-17(8-12(13,14)15)11(18)7-9-5-3-4-6-10(9)16/h3-6H,2,7-8,16H2,1H3. The number of nitrogen functional groups attached to an aromatic ring is 1. The zero-order valence-electron chi connectivity index (χ0n) is 10.00. The molecule has 1 aromatic rings. The normalized spacial score (nSPS) is 11.3. The number of anilines is 1. The molecule has 0 aromatic heterocycles. The van der Waals surface area contributed by atoms with Crippen molar-refractivity contribution < 1.29 is 18.0 Å². The fourth-order valence-electron chi connectivity index (χ4n) is 1.56. The minimum absolute atomic E-state index is 0.0189. The Balaban J connectivity index is 2.72. The van der Waals surface area contributed by atoms with Gasteiger partial charge < -0.3 is 10.6 Å². The van der Waals surface area contributed by atoms with Crippen LogP contribution in [0.1, 0.15) is 12.5 Å². The number of alkyl halides is 3. The van der Waals surface area contributed by atoms with Crippen LogP contribution in [0.2, 0.25) is 0 Å². The van der Waals surface area contributed by atoms with Crippen LogP contribution in [0.25, 0.3) is 0 Å². The van der Waals surface area contributed by atoms with E-state index in [1.165, 1.54) is 6.92 Å². The van der Waals surface area contributed by atoms with Crippen molar-refractivity contribution >= 4 is 11.6 Å². The number of nitrogens with zero attached hydrogens (tertiary/aromatic N) is 1. The summed E-state index contributed by atoms with van der Waals surface area (Å²) in [5.41, 5.74) is 6.60. The lowest BCUT2D eigenvalue weighted by Crippen LogP contribution is -2.39. The number of halogens is 3. The molecule has 0 unspecified atom stereocenters. The monoisotopic (exact) mass is 260 g/mol. The van der Waals surface area contributed by atoms with Gasteiger partial charge in [0.05, 0.1) is 6.42 Å². The van der Waals surface area contributed by atoms with Crippen molar-refractivity contribution in [1.29, 1.82) is 0 Å². The lowest BCUT2D eigenvalue weighted by molar-refractivity contribution is -0.160. The predicted molar refractivity (Wildman–Crippen MR) is 62.9 cm³/mol. The van der Waals surface area contributed by atoms with E-state index in [2.05, 4.69) is 0 Å². The van der Waals surface area contributed by atoms with Gasteiger partial charge in [0.2, 0.25) is 5.91 Å². The van der Waals surface area contributed by atoms with Crippen LogP contribution in [0.15, 0.2) is 24.3 Å². The third-order valence-corrected chi connectivity index (χ3v) is 2.50. The molecule has 0 radical (unpaired) electrons. The van der Waals surface area contributed by atoms with E-state index in [4.69, 9.17) is 5.73 Å². The van der Waals surface area contributed by atoms with Crippen LogP contribution in [0.3, 0.4) is 0 Å². The Morgan fingerprint density at radius 1 is 1.33 bits per heavy atom. The van der Waals surface area contributed by atoms with Gasteiger partial charge in [0.15, 0.2) is 0 Å². The summed E-state index contributed by atoms with van der Waals surface area (Å²) in [6.07, 6.45) is -4.50. The maximum atomic E-state index is 12.3. The molecule has 100 valence electrons. The van der Waals surface area contributed by atoms with Crippen LogP contribution in [-0.4, -0.2) is 30.1 Å². The van der Waals surface area contributed by atoms with Crippen LogP contribution in [0.4, 0.5) is 18.9 Å². The quantitative estimate of drug-likeness (QED) is 0.844. The van der Waals surface area contributed by atoms with Gasteiger partial charge in [-0.3, -0.25) is 4.79 Å². The van der Waals surface area contributed by atoms with Gasteiger partial charge in [-0.2, -0.15) is 13.2 Å². The van der Waals surface area contributed by atoms with Gasteiger partial charge >= 0.3 is 6.18 Å². The molecule has 0 fully saturated rings. The Kier molecular flexibility index (Phi) is 4.58. The van der Waals surface area contributed by atoms with Crippen LogP contribution in [0, 0.1) is 0 Å². The number of likely N-dealkylation sites (N-methyl/N-ethyl adjacent to an activating group) is 1. The molecular formula is C12H15F3N2O. The van der Waals surface area contributed by atoms with E-state index < -0.39 is 18.6 Å². The van der Waals surface area contributed by atoms with Crippen molar-refractivity contribution in [3.8, 4) is 0 Å². The largest absolute Gasteiger partial charge is 0.406 e. The number of hydrogen-bond donors (Lipinski definition) is 1. The first-order valence-corrected chi connectivity index (χ1v) is 5.51. The molecule has 0 heterocycles. The Morgan fingerprint density at radius 3 is 2.44 bits per heavy atom. The van der Waals surface area contributed by atoms with Crippen molar-refractivity contribution in [3.05, 3.63) is 29.8 Å². The average molecular weight is 260 g/mol. The van der Waals surface area contributed by atoms with Gasteiger partial charge in [0, 0.05) is 12.2 Å². The topological polar surface area (TPSA) is 46.3 Å². The molecule has 1 rings (SSSR count). The van der Waals surface area contributed by atoms with Crippen LogP contribution >= 0.6 is 0 Å². The molecule has 0 atom stereocenters. The highest BCUT2D eigenvalue weighted by atomic mass is 19.4. The predicted octanol–water partition coefficient (Wildman–Crippen LogP) is 2.22. The molecule has 1 amide bonds. The summed E-state index contributed by atoms with van der Waals surface area (Å²) in [6.45, 7) is 0.304. The summed E-state index contributed by atoms with van der Waals surface area (Å²) in [5, 5.41) is 0. The zero-order chi connectivity index (χ0) is 13.8. The van der Waals surface area contributed by atoms with Crippen LogP contribution in [0.5, 0.6) is 0 Å². The van der Waals surface area contributed by atoms with E-state index in [9.17, 15) is 18.0 Å². The molecule has 6 heteroatoms. The maximum absolute atomic E-state index is 12.3. The summed E-state index contributed by atoms with van der Waals surface area (Å²) >= 11 is 0. The second kappa shape index (κ2) is 5.75. The third kappa shape index (κ3) is 4.27. The van der Waals surface area contributed by atoms with Crippen molar-refractivity contribution in [2.75, 3.05) is 18.8 Å². The molecule has 0 aliphatic rings. The van der Waals surface area contributed by atoms with Crippen molar-refractivity contribution in [3.63, 3.8) is 0 Å². The summed E-state index contributed by atoms with van der Waals surface area (Å²) < 4.78 is 36.8.